The van der Waals surface area contributed by atoms with Gasteiger partial charge in [0.25, 0.3) is 11.5 Å². The number of nitrogens with zero attached hydrogens (tertiary/aromatic N) is 8. The zero-order valence-electron chi connectivity index (χ0n) is 40.9. The molecule has 4 unspecified atom stereocenters. The number of aryl methyl sites for hydroxylation is 1. The fourth-order valence-electron chi connectivity index (χ4n) is 11.8. The average Bonchev–Trinajstić information content (AvgIpc) is 3.99. The zero-order valence-corrected chi connectivity index (χ0v) is 40.9. The number of anilines is 1. The van der Waals surface area contributed by atoms with Gasteiger partial charge in [0.1, 0.15) is 54.2 Å². The number of piperazine rings is 1. The van der Waals surface area contributed by atoms with Crippen LogP contribution in [0.5, 0.6) is 17.5 Å². The molecule has 10 heterocycles. The van der Waals surface area contributed by atoms with Crippen molar-refractivity contribution in [2.75, 3.05) is 44.8 Å². The number of benzene rings is 3. The summed E-state index contributed by atoms with van der Waals surface area (Å²) in [7, 11) is 2.02. The Hall–Kier alpha value is -8.01. The van der Waals surface area contributed by atoms with Crippen LogP contribution >= 0.6 is 0 Å². The average molecular weight is 1000 g/mol. The second kappa shape index (κ2) is 17.6. The number of aliphatic hydroxyl groups is 1. The molecule has 3 aromatic carbocycles. The van der Waals surface area contributed by atoms with E-state index in [2.05, 4.69) is 27.4 Å². The van der Waals surface area contributed by atoms with Crippen LogP contribution < -0.4 is 19.9 Å². The van der Waals surface area contributed by atoms with E-state index in [1.165, 1.54) is 30.5 Å². The third-order valence-corrected chi connectivity index (χ3v) is 15.7. The lowest BCUT2D eigenvalue weighted by Gasteiger charge is -2.56. The van der Waals surface area contributed by atoms with Gasteiger partial charge in [-0.05, 0) is 99.1 Å². The number of carbonyl (C=O) groups is 2. The number of phenolic OH excluding ortho intramolecular Hbond substituents is 1. The molecule has 0 saturated carbocycles. The van der Waals surface area contributed by atoms with Crippen LogP contribution in [-0.4, -0.2) is 114 Å². The largest absolute Gasteiger partial charge is 0.508 e. The van der Waals surface area contributed by atoms with Gasteiger partial charge in [-0.15, -0.1) is 6.42 Å². The number of amides is 1. The summed E-state index contributed by atoms with van der Waals surface area (Å²) in [4.78, 5) is 65.6. The Morgan fingerprint density at radius 1 is 1.01 bits per heavy atom. The Bertz CT molecular complexity index is 3710. The van der Waals surface area contributed by atoms with Crippen molar-refractivity contribution < 1.29 is 42.8 Å². The number of aromatic hydroxyl groups is 1. The van der Waals surface area contributed by atoms with Crippen molar-refractivity contribution in [2.45, 2.75) is 82.8 Å². The van der Waals surface area contributed by atoms with Gasteiger partial charge in [0.15, 0.2) is 11.4 Å². The second-order valence-corrected chi connectivity index (χ2v) is 19.9. The molecule has 4 atom stereocenters. The molecule has 2 bridgehead atoms. The van der Waals surface area contributed by atoms with Crippen molar-refractivity contribution in [1.29, 1.82) is 0 Å². The number of aromatic nitrogens is 5. The summed E-state index contributed by atoms with van der Waals surface area (Å²) in [6.45, 7) is 9.73. The number of halogens is 2. The highest BCUT2D eigenvalue weighted by Crippen LogP contribution is 2.43. The van der Waals surface area contributed by atoms with Gasteiger partial charge in [-0.3, -0.25) is 14.6 Å². The first-order chi connectivity index (χ1) is 35.7. The first kappa shape index (κ1) is 47.0. The highest BCUT2D eigenvalue weighted by Gasteiger charge is 2.49. The zero-order chi connectivity index (χ0) is 51.5. The smallest absolute Gasteiger partial charge is 0.343 e. The van der Waals surface area contributed by atoms with Gasteiger partial charge in [-0.25, -0.2) is 18.6 Å². The monoisotopic (exact) mass is 1000 g/mol. The molecule has 376 valence electrons. The highest BCUT2D eigenvalue weighted by molar-refractivity contribution is 6.03. The molecule has 0 aliphatic carbocycles. The Kier molecular flexibility index (Phi) is 11.2. The van der Waals surface area contributed by atoms with Gasteiger partial charge in [0, 0.05) is 58.4 Å². The van der Waals surface area contributed by atoms with Crippen molar-refractivity contribution >= 4 is 50.3 Å². The van der Waals surface area contributed by atoms with Crippen LogP contribution in [0, 0.1) is 24.0 Å². The van der Waals surface area contributed by atoms with Crippen LogP contribution in [0.4, 0.5) is 14.6 Å². The molecular weight excluding hydrogens is 951 g/mol. The molecular formula is C56H50F2N8O8. The number of likely N-dealkylation sites (tertiary alicyclic amines) is 1. The number of pyridine rings is 3. The Balaban J connectivity index is 0.789. The van der Waals surface area contributed by atoms with Crippen LogP contribution in [0.3, 0.4) is 0 Å². The first-order valence-electron chi connectivity index (χ1n) is 24.8. The summed E-state index contributed by atoms with van der Waals surface area (Å²) in [5, 5.41) is 23.8. The van der Waals surface area contributed by atoms with Crippen LogP contribution in [0.1, 0.15) is 67.3 Å². The number of rotatable bonds is 11. The highest BCUT2D eigenvalue weighted by atomic mass is 19.1. The predicted molar refractivity (Wildman–Crippen MR) is 271 cm³/mol. The van der Waals surface area contributed by atoms with Crippen molar-refractivity contribution in [3.63, 3.8) is 0 Å². The van der Waals surface area contributed by atoms with Gasteiger partial charge in [0.05, 0.1) is 52.0 Å². The Morgan fingerprint density at radius 2 is 1.82 bits per heavy atom. The van der Waals surface area contributed by atoms with E-state index in [-0.39, 0.29) is 119 Å². The molecule has 0 radical (unpaired) electrons. The van der Waals surface area contributed by atoms with E-state index in [1.807, 2.05) is 35.9 Å². The number of carbonyl (C=O) groups excluding carboxylic acids is 2. The number of cyclic esters (lactones) is 1. The number of ether oxygens (including phenoxy) is 3. The minimum Gasteiger partial charge on any atom is -0.508 e. The molecule has 1 amide bonds. The summed E-state index contributed by atoms with van der Waals surface area (Å²) >= 11 is 0. The lowest BCUT2D eigenvalue weighted by Crippen LogP contribution is -2.70. The SMILES string of the molecule is C#Cc1c(F)ccc2cc(O)cc(-c3ncc4c(N5CC6CC(C5)N6C(=O)C(=C)COc5ccc6nc7c(c(CC)c6c5)Cn5c-7cc6c(c5=O)COC(=O)C6(O)CC)nc(OCC5CCCN5C)nc4c3F)c12. The van der Waals surface area contributed by atoms with E-state index in [9.17, 15) is 24.6 Å². The number of esters is 1. The van der Waals surface area contributed by atoms with Gasteiger partial charge in [-0.2, -0.15) is 9.97 Å². The summed E-state index contributed by atoms with van der Waals surface area (Å²) in [5.74, 6) is 0.550. The van der Waals surface area contributed by atoms with Gasteiger partial charge in [0.2, 0.25) is 0 Å². The Morgan fingerprint density at radius 3 is 2.57 bits per heavy atom. The Labute approximate surface area is 422 Å². The molecule has 4 saturated heterocycles. The van der Waals surface area contributed by atoms with Crippen LogP contribution in [0.15, 0.2) is 71.7 Å². The fourth-order valence-corrected chi connectivity index (χ4v) is 11.8. The number of piperidine rings is 1. The maximum Gasteiger partial charge on any atom is 0.343 e. The molecule has 6 aliphatic rings. The van der Waals surface area contributed by atoms with Crippen molar-refractivity contribution in [3.8, 4) is 52.5 Å². The molecule has 16 nitrogen and oxygen atoms in total. The van der Waals surface area contributed by atoms with E-state index in [0.717, 1.165) is 42.3 Å². The van der Waals surface area contributed by atoms with Crippen molar-refractivity contribution in [3.05, 3.63) is 117 Å². The third kappa shape index (κ3) is 7.26. The van der Waals surface area contributed by atoms with Crippen LogP contribution in [0.2, 0.25) is 0 Å². The quantitative estimate of drug-likeness (QED) is 0.0796. The molecule has 0 spiro atoms. The lowest BCUT2D eigenvalue weighted by molar-refractivity contribution is -0.172. The predicted octanol–water partition coefficient (Wildman–Crippen LogP) is 6.66. The molecule has 4 fully saturated rings. The van der Waals surface area contributed by atoms with Crippen LogP contribution in [0.25, 0.3) is 55.2 Å². The number of hydrogen-bond donors (Lipinski definition) is 2. The number of terminal acetylenes is 1. The number of fused-ring (bicyclic) bond motifs is 9. The van der Waals surface area contributed by atoms with E-state index >= 15 is 8.78 Å². The molecule has 7 aromatic rings. The second-order valence-electron chi connectivity index (χ2n) is 19.9. The molecule has 74 heavy (non-hydrogen) atoms. The lowest BCUT2D eigenvalue weighted by atomic mass is 9.86. The molecule has 4 aromatic heterocycles. The van der Waals surface area contributed by atoms with E-state index < -0.39 is 23.2 Å². The number of phenols is 1. The van der Waals surface area contributed by atoms with Gasteiger partial charge >= 0.3 is 12.0 Å². The van der Waals surface area contributed by atoms with E-state index in [4.69, 9.17) is 30.6 Å². The minimum atomic E-state index is -1.93. The summed E-state index contributed by atoms with van der Waals surface area (Å²) < 4.78 is 51.6. The van der Waals surface area contributed by atoms with Gasteiger partial charge in [-0.1, -0.05) is 32.4 Å². The molecule has 2 N–H and O–H groups in total. The normalized spacial score (nSPS) is 20.8. The summed E-state index contributed by atoms with van der Waals surface area (Å²) in [6, 6.07) is 12.2. The molecule has 18 heteroatoms. The first-order valence-corrected chi connectivity index (χ1v) is 24.8. The van der Waals surface area contributed by atoms with Crippen molar-refractivity contribution in [1.82, 2.24) is 34.3 Å². The van der Waals surface area contributed by atoms with Crippen molar-refractivity contribution in [2.24, 2.45) is 0 Å². The summed E-state index contributed by atoms with van der Waals surface area (Å²) in [5.41, 5.74) is 1.89. The molecule has 13 rings (SSSR count). The maximum absolute atomic E-state index is 17.2. The van der Waals surface area contributed by atoms with Crippen LogP contribution in [-0.2, 0) is 39.5 Å². The number of likely N-dealkylation sites (N-methyl/N-ethyl adjacent to an activating group) is 1. The van der Waals surface area contributed by atoms with Gasteiger partial charge < -0.3 is 43.7 Å². The minimum absolute atomic E-state index is 0.0311. The maximum atomic E-state index is 17.2. The summed E-state index contributed by atoms with van der Waals surface area (Å²) in [6.07, 6.45) is 10.5. The molecule has 6 aliphatic heterocycles. The number of hydrogen-bond acceptors (Lipinski definition) is 14. The standard InChI is InChI=1S/C56H50F2N8O8/c1-6-35-37-19-34(12-14-44(37)60-48-40(35)24-65-45(48)20-42-41(53(65)69)27-73-54(70)56(42,71)8-3)72-25-28(4)52(68)66-31-17-32(66)23-64(22-31)51-39-21-59-49(38-18-33(67)16-29-11-13-43(57)36(7-2)46(29)38)47(58)50(39)61-55(62-51)74-26-30-10-9-15-63(30)5/h2,11-14,16,18-21,30-32,67,71H,4,6,8-10,15,17,22-27H2,1,3,5H3. The third-order valence-electron chi connectivity index (χ3n) is 15.7. The fraction of sp³-hybridized carbons (Fsp3) is 0.339. The van der Waals surface area contributed by atoms with E-state index in [0.29, 0.717) is 58.8 Å². The van der Waals surface area contributed by atoms with E-state index in [1.54, 1.807) is 23.6 Å². The topological polar surface area (TPSA) is 186 Å².